The number of aromatic nitrogens is 3. The minimum absolute atomic E-state index is 0.0850. The standard InChI is InChI=1S/C12H13ClN4O2/c1-3-9-12(17(18)19)10(4-2)16(15-9)11-6-5-8(13)7-14-11/h5-7H,3-4H2,1-2H3. The first kappa shape index (κ1) is 13.5. The van der Waals surface area contributed by atoms with Gasteiger partial charge < -0.3 is 0 Å². The summed E-state index contributed by atoms with van der Waals surface area (Å²) in [6.07, 6.45) is 2.51. The van der Waals surface area contributed by atoms with Gasteiger partial charge in [0.1, 0.15) is 11.4 Å². The number of pyridine rings is 1. The third kappa shape index (κ3) is 2.44. The van der Waals surface area contributed by atoms with Crippen LogP contribution >= 0.6 is 11.6 Å². The molecule has 100 valence electrons. The summed E-state index contributed by atoms with van der Waals surface area (Å²) in [4.78, 5) is 14.9. The van der Waals surface area contributed by atoms with E-state index in [-0.39, 0.29) is 10.6 Å². The Labute approximate surface area is 115 Å². The van der Waals surface area contributed by atoms with Crippen molar-refractivity contribution >= 4 is 17.3 Å². The van der Waals surface area contributed by atoms with Crippen LogP contribution in [-0.4, -0.2) is 19.7 Å². The Kier molecular flexibility index (Phi) is 3.80. The summed E-state index contributed by atoms with van der Waals surface area (Å²) < 4.78 is 1.52. The highest BCUT2D eigenvalue weighted by atomic mass is 35.5. The number of hydrogen-bond donors (Lipinski definition) is 0. The Hall–Kier alpha value is -1.95. The normalized spacial score (nSPS) is 10.7. The molecule has 2 aromatic heterocycles. The van der Waals surface area contributed by atoms with Gasteiger partial charge in [-0.25, -0.2) is 9.67 Å². The molecule has 6 nitrogen and oxygen atoms in total. The van der Waals surface area contributed by atoms with E-state index in [1.165, 1.54) is 10.9 Å². The highest BCUT2D eigenvalue weighted by Crippen LogP contribution is 2.26. The molecule has 0 saturated carbocycles. The van der Waals surface area contributed by atoms with Gasteiger partial charge >= 0.3 is 5.69 Å². The monoisotopic (exact) mass is 280 g/mol. The Morgan fingerprint density at radius 1 is 1.37 bits per heavy atom. The minimum Gasteiger partial charge on any atom is -0.258 e. The summed E-state index contributed by atoms with van der Waals surface area (Å²) in [5.74, 6) is 0.532. The first-order valence-corrected chi connectivity index (χ1v) is 6.33. The van der Waals surface area contributed by atoms with Gasteiger partial charge in [0.25, 0.3) is 0 Å². The minimum atomic E-state index is -0.378. The van der Waals surface area contributed by atoms with Gasteiger partial charge in [0.2, 0.25) is 0 Å². The van der Waals surface area contributed by atoms with E-state index in [0.717, 1.165) is 0 Å². The zero-order chi connectivity index (χ0) is 14.0. The van der Waals surface area contributed by atoms with Crippen molar-refractivity contribution in [3.05, 3.63) is 44.9 Å². The summed E-state index contributed by atoms with van der Waals surface area (Å²) in [7, 11) is 0. The fraction of sp³-hybridized carbons (Fsp3) is 0.333. The number of halogens is 1. The lowest BCUT2D eigenvalue weighted by atomic mass is 10.2. The molecule has 2 heterocycles. The molecular weight excluding hydrogens is 268 g/mol. The Morgan fingerprint density at radius 2 is 2.11 bits per heavy atom. The smallest absolute Gasteiger partial charge is 0.258 e. The molecule has 0 unspecified atom stereocenters. The lowest BCUT2D eigenvalue weighted by Gasteiger charge is -2.03. The number of rotatable bonds is 4. The van der Waals surface area contributed by atoms with Crippen LogP contribution in [0.4, 0.5) is 5.69 Å². The van der Waals surface area contributed by atoms with Gasteiger partial charge in [-0.1, -0.05) is 25.4 Å². The molecule has 0 aliphatic rings. The number of aryl methyl sites for hydroxylation is 1. The van der Waals surface area contributed by atoms with Crippen molar-refractivity contribution in [3.63, 3.8) is 0 Å². The molecule has 2 aromatic rings. The molecular formula is C12H13ClN4O2. The SMILES string of the molecule is CCc1nn(-c2ccc(Cl)cn2)c(CC)c1[N+](=O)[O-]. The van der Waals surface area contributed by atoms with E-state index in [2.05, 4.69) is 10.1 Å². The number of hydrogen-bond acceptors (Lipinski definition) is 4. The second-order valence-electron chi connectivity index (χ2n) is 3.95. The first-order valence-electron chi connectivity index (χ1n) is 5.95. The fourth-order valence-corrected chi connectivity index (χ4v) is 2.06. The van der Waals surface area contributed by atoms with E-state index in [9.17, 15) is 10.1 Å². The second kappa shape index (κ2) is 5.36. The largest absolute Gasteiger partial charge is 0.313 e. The molecule has 0 radical (unpaired) electrons. The highest BCUT2D eigenvalue weighted by Gasteiger charge is 2.26. The predicted molar refractivity (Wildman–Crippen MR) is 71.8 cm³/mol. The quantitative estimate of drug-likeness (QED) is 0.637. The van der Waals surface area contributed by atoms with E-state index >= 15 is 0 Å². The second-order valence-corrected chi connectivity index (χ2v) is 4.39. The van der Waals surface area contributed by atoms with Crippen LogP contribution in [0.15, 0.2) is 18.3 Å². The summed E-state index contributed by atoms with van der Waals surface area (Å²) in [5, 5.41) is 16.0. The Bertz CT molecular complexity index is 607. The predicted octanol–water partition coefficient (Wildman–Crippen LogP) is 2.95. The van der Waals surface area contributed by atoms with E-state index in [4.69, 9.17) is 11.6 Å². The molecule has 0 spiro atoms. The molecule has 0 fully saturated rings. The molecule has 0 atom stereocenters. The van der Waals surface area contributed by atoms with Crippen molar-refractivity contribution in [2.75, 3.05) is 0 Å². The summed E-state index contributed by atoms with van der Waals surface area (Å²) >= 11 is 5.79. The van der Waals surface area contributed by atoms with Gasteiger partial charge in [0.15, 0.2) is 5.82 Å². The van der Waals surface area contributed by atoms with Crippen LogP contribution in [-0.2, 0) is 12.8 Å². The van der Waals surface area contributed by atoms with Crippen molar-refractivity contribution in [3.8, 4) is 5.82 Å². The zero-order valence-electron chi connectivity index (χ0n) is 10.6. The summed E-state index contributed by atoms with van der Waals surface area (Å²) in [5.41, 5.74) is 1.11. The van der Waals surface area contributed by atoms with Crippen LogP contribution in [0.3, 0.4) is 0 Å². The van der Waals surface area contributed by atoms with Crippen molar-refractivity contribution < 1.29 is 4.92 Å². The lowest BCUT2D eigenvalue weighted by molar-refractivity contribution is -0.386. The average molecular weight is 281 g/mol. The van der Waals surface area contributed by atoms with E-state index in [1.54, 1.807) is 12.1 Å². The molecule has 7 heteroatoms. The third-order valence-electron chi connectivity index (χ3n) is 2.80. The van der Waals surface area contributed by atoms with E-state index in [1.807, 2.05) is 13.8 Å². The maximum Gasteiger partial charge on any atom is 0.313 e. The van der Waals surface area contributed by atoms with Crippen LogP contribution in [0.2, 0.25) is 5.02 Å². The molecule has 0 bridgehead atoms. The molecule has 0 amide bonds. The van der Waals surface area contributed by atoms with Crippen molar-refractivity contribution in [1.82, 2.24) is 14.8 Å². The van der Waals surface area contributed by atoms with Crippen molar-refractivity contribution in [1.29, 1.82) is 0 Å². The maximum atomic E-state index is 11.2. The Balaban J connectivity index is 2.63. The molecule has 0 N–H and O–H groups in total. The zero-order valence-corrected chi connectivity index (χ0v) is 11.4. The van der Waals surface area contributed by atoms with Gasteiger partial charge in [-0.3, -0.25) is 10.1 Å². The molecule has 0 aromatic carbocycles. The highest BCUT2D eigenvalue weighted by molar-refractivity contribution is 6.30. The summed E-state index contributed by atoms with van der Waals surface area (Å²) in [6.45, 7) is 3.70. The fourth-order valence-electron chi connectivity index (χ4n) is 1.94. The maximum absolute atomic E-state index is 11.2. The lowest BCUT2D eigenvalue weighted by Crippen LogP contribution is -2.04. The van der Waals surface area contributed by atoms with Crippen molar-refractivity contribution in [2.24, 2.45) is 0 Å². The number of nitro groups is 1. The molecule has 2 rings (SSSR count). The Morgan fingerprint density at radius 3 is 2.58 bits per heavy atom. The van der Waals surface area contributed by atoms with Crippen molar-refractivity contribution in [2.45, 2.75) is 26.7 Å². The third-order valence-corrected chi connectivity index (χ3v) is 3.03. The molecule has 0 saturated heterocycles. The van der Waals surface area contributed by atoms with Gasteiger partial charge in [-0.2, -0.15) is 5.10 Å². The number of nitrogens with zero attached hydrogens (tertiary/aromatic N) is 4. The molecule has 0 aliphatic heterocycles. The summed E-state index contributed by atoms with van der Waals surface area (Å²) in [6, 6.07) is 3.38. The topological polar surface area (TPSA) is 73.8 Å². The van der Waals surface area contributed by atoms with Gasteiger partial charge in [0, 0.05) is 6.20 Å². The first-order chi connectivity index (χ1) is 9.08. The van der Waals surface area contributed by atoms with E-state index < -0.39 is 0 Å². The average Bonchev–Trinajstić information content (AvgIpc) is 2.78. The van der Waals surface area contributed by atoms with E-state index in [0.29, 0.717) is 35.1 Å². The van der Waals surface area contributed by atoms with Gasteiger partial charge in [-0.05, 0) is 25.0 Å². The van der Waals surface area contributed by atoms with Gasteiger partial charge in [0.05, 0.1) is 9.95 Å². The van der Waals surface area contributed by atoms with Crippen LogP contribution in [0.1, 0.15) is 25.2 Å². The van der Waals surface area contributed by atoms with Gasteiger partial charge in [-0.15, -0.1) is 0 Å². The van der Waals surface area contributed by atoms with Crippen LogP contribution in [0, 0.1) is 10.1 Å². The molecule has 0 aliphatic carbocycles. The van der Waals surface area contributed by atoms with Crippen LogP contribution in [0.25, 0.3) is 5.82 Å². The molecule has 19 heavy (non-hydrogen) atoms. The van der Waals surface area contributed by atoms with Crippen LogP contribution in [0.5, 0.6) is 0 Å². The van der Waals surface area contributed by atoms with Crippen LogP contribution < -0.4 is 0 Å².